The fourth-order valence-electron chi connectivity index (χ4n) is 4.18. The van der Waals surface area contributed by atoms with E-state index in [0.717, 1.165) is 44.1 Å². The van der Waals surface area contributed by atoms with E-state index in [2.05, 4.69) is 5.32 Å². The molecular formula is C21H30N2O3. The van der Waals surface area contributed by atoms with Gasteiger partial charge in [0.05, 0.1) is 24.8 Å². The van der Waals surface area contributed by atoms with Crippen LogP contribution in [0.4, 0.5) is 0 Å². The molecule has 2 fully saturated rings. The van der Waals surface area contributed by atoms with Crippen molar-refractivity contribution in [3.05, 3.63) is 35.9 Å². The summed E-state index contributed by atoms with van der Waals surface area (Å²) in [6.45, 7) is 1.30. The molecule has 1 aliphatic heterocycles. The Morgan fingerprint density at radius 3 is 2.69 bits per heavy atom. The summed E-state index contributed by atoms with van der Waals surface area (Å²) in [5.41, 5.74) is 1.14. The third kappa shape index (κ3) is 4.92. The Kier molecular flexibility index (Phi) is 6.80. The number of likely N-dealkylation sites (tertiary alicyclic amines) is 1. The zero-order chi connectivity index (χ0) is 18.4. The first-order chi connectivity index (χ1) is 12.7. The van der Waals surface area contributed by atoms with Gasteiger partial charge in [-0.15, -0.1) is 0 Å². The highest BCUT2D eigenvalue weighted by atomic mass is 16.5. The minimum atomic E-state index is -0.347. The van der Waals surface area contributed by atoms with Crippen LogP contribution < -0.4 is 5.32 Å². The van der Waals surface area contributed by atoms with Crippen LogP contribution in [0.2, 0.25) is 0 Å². The molecule has 3 atom stereocenters. The molecule has 0 bridgehead atoms. The van der Waals surface area contributed by atoms with E-state index in [1.807, 2.05) is 42.3 Å². The Labute approximate surface area is 156 Å². The number of amides is 1. The molecule has 3 rings (SSSR count). The summed E-state index contributed by atoms with van der Waals surface area (Å²) in [5.74, 6) is 0.253. The molecule has 5 nitrogen and oxygen atoms in total. The van der Waals surface area contributed by atoms with E-state index in [9.17, 15) is 9.59 Å². The molecule has 1 aromatic carbocycles. The van der Waals surface area contributed by atoms with Crippen LogP contribution in [-0.2, 0) is 20.9 Å². The number of nitrogens with one attached hydrogen (secondary N) is 1. The zero-order valence-electron chi connectivity index (χ0n) is 15.6. The van der Waals surface area contributed by atoms with Gasteiger partial charge in [-0.25, -0.2) is 0 Å². The topological polar surface area (TPSA) is 58.6 Å². The number of rotatable bonds is 7. The largest absolute Gasteiger partial charge is 0.372 e. The monoisotopic (exact) mass is 358 g/mol. The van der Waals surface area contributed by atoms with Crippen molar-refractivity contribution in [2.75, 3.05) is 13.6 Å². The number of carbonyl (C=O) groups excluding carboxylic acids is 2. The summed E-state index contributed by atoms with van der Waals surface area (Å²) in [7, 11) is 1.95. The molecule has 0 radical (unpaired) electrons. The molecule has 0 unspecified atom stereocenters. The summed E-state index contributed by atoms with van der Waals surface area (Å²) >= 11 is 0. The van der Waals surface area contributed by atoms with Crippen molar-refractivity contribution in [1.82, 2.24) is 10.2 Å². The molecule has 0 spiro atoms. The van der Waals surface area contributed by atoms with Gasteiger partial charge in [-0.05, 0) is 37.8 Å². The maximum atomic E-state index is 12.7. The van der Waals surface area contributed by atoms with Gasteiger partial charge in [-0.2, -0.15) is 0 Å². The van der Waals surface area contributed by atoms with E-state index in [-0.39, 0.29) is 24.1 Å². The van der Waals surface area contributed by atoms with Crippen molar-refractivity contribution in [2.24, 2.45) is 5.92 Å². The van der Waals surface area contributed by atoms with Gasteiger partial charge in [0, 0.05) is 6.54 Å². The van der Waals surface area contributed by atoms with Crippen molar-refractivity contribution in [2.45, 2.75) is 63.3 Å². The zero-order valence-corrected chi connectivity index (χ0v) is 15.6. The van der Waals surface area contributed by atoms with E-state index < -0.39 is 0 Å². The first-order valence-corrected chi connectivity index (χ1v) is 9.79. The maximum absolute atomic E-state index is 12.7. The molecule has 0 aromatic heterocycles. The van der Waals surface area contributed by atoms with Gasteiger partial charge >= 0.3 is 0 Å². The van der Waals surface area contributed by atoms with Gasteiger partial charge in [0.15, 0.2) is 0 Å². The highest BCUT2D eigenvalue weighted by Crippen LogP contribution is 2.26. The van der Waals surface area contributed by atoms with E-state index in [1.54, 1.807) is 0 Å². The number of carbonyl (C=O) groups is 2. The third-order valence-electron chi connectivity index (χ3n) is 5.75. The molecule has 1 amide bonds. The number of aldehydes is 1. The van der Waals surface area contributed by atoms with E-state index in [1.165, 1.54) is 6.42 Å². The minimum absolute atomic E-state index is 0.0408. The lowest BCUT2D eigenvalue weighted by Gasteiger charge is -2.29. The Morgan fingerprint density at radius 2 is 2.00 bits per heavy atom. The quantitative estimate of drug-likeness (QED) is 0.761. The molecule has 1 saturated carbocycles. The normalized spacial score (nSPS) is 25.7. The number of nitrogens with zero attached hydrogens (tertiary/aromatic N) is 1. The van der Waals surface area contributed by atoms with Gasteiger partial charge in [0.1, 0.15) is 6.29 Å². The lowest BCUT2D eigenvalue weighted by atomic mass is 9.84. The van der Waals surface area contributed by atoms with Crippen molar-refractivity contribution < 1.29 is 14.3 Å². The number of likely N-dealkylation sites (N-methyl/N-ethyl adjacent to an activating group) is 1. The molecule has 1 heterocycles. The van der Waals surface area contributed by atoms with Crippen molar-refractivity contribution >= 4 is 12.2 Å². The van der Waals surface area contributed by atoms with Crippen LogP contribution in [0.15, 0.2) is 30.3 Å². The van der Waals surface area contributed by atoms with Gasteiger partial charge < -0.3 is 14.8 Å². The number of ether oxygens (including phenoxy) is 1. The minimum Gasteiger partial charge on any atom is -0.372 e. The lowest BCUT2D eigenvalue weighted by Crippen LogP contribution is -2.49. The molecule has 5 heteroatoms. The van der Waals surface area contributed by atoms with Crippen LogP contribution >= 0.6 is 0 Å². The Hall–Kier alpha value is -1.72. The molecule has 1 aliphatic carbocycles. The average Bonchev–Trinajstić information content (AvgIpc) is 3.06. The summed E-state index contributed by atoms with van der Waals surface area (Å²) < 4.78 is 6.00. The molecule has 1 saturated heterocycles. The standard InChI is InChI=1S/C21H30N2O3/c1-23-13-18(26-15-16-8-4-2-5-9-16)12-20(23)21(25)22-19(14-24)17-10-6-3-7-11-17/h2,4-5,8-9,14,17-20H,3,6-7,10-13,15H2,1H3,(H,22,25)/t18-,19-,20+/m1/s1. The Morgan fingerprint density at radius 1 is 1.27 bits per heavy atom. The molecular weight excluding hydrogens is 328 g/mol. The predicted octanol–water partition coefficient (Wildman–Crippen LogP) is 2.54. The molecule has 1 aromatic rings. The summed E-state index contributed by atoms with van der Waals surface area (Å²) in [6.07, 6.45) is 7.26. The van der Waals surface area contributed by atoms with Crippen LogP contribution in [0.5, 0.6) is 0 Å². The Balaban J connectivity index is 1.50. The first kappa shape index (κ1) is 19.1. The van der Waals surface area contributed by atoms with Crippen molar-refractivity contribution in [3.8, 4) is 0 Å². The third-order valence-corrected chi connectivity index (χ3v) is 5.75. The van der Waals surface area contributed by atoms with Gasteiger partial charge in [-0.3, -0.25) is 9.69 Å². The fraction of sp³-hybridized carbons (Fsp3) is 0.619. The van der Waals surface area contributed by atoms with Crippen molar-refractivity contribution in [1.29, 1.82) is 0 Å². The lowest BCUT2D eigenvalue weighted by molar-refractivity contribution is -0.128. The molecule has 26 heavy (non-hydrogen) atoms. The average molecular weight is 358 g/mol. The van der Waals surface area contributed by atoms with Crippen LogP contribution in [-0.4, -0.2) is 48.9 Å². The summed E-state index contributed by atoms with van der Waals surface area (Å²) in [4.78, 5) is 26.3. The molecule has 1 N–H and O–H groups in total. The van der Waals surface area contributed by atoms with Crippen LogP contribution in [0.25, 0.3) is 0 Å². The highest BCUT2D eigenvalue weighted by Gasteiger charge is 2.36. The number of hydrogen-bond donors (Lipinski definition) is 1. The molecule has 142 valence electrons. The SMILES string of the molecule is CN1C[C@H](OCc2ccccc2)C[C@H]1C(=O)N[C@H](C=O)C1CCCCC1. The first-order valence-electron chi connectivity index (χ1n) is 9.79. The second-order valence-corrected chi connectivity index (χ2v) is 7.68. The molecule has 2 aliphatic rings. The van der Waals surface area contributed by atoms with E-state index in [0.29, 0.717) is 18.9 Å². The number of hydrogen-bond acceptors (Lipinski definition) is 4. The van der Waals surface area contributed by atoms with E-state index >= 15 is 0 Å². The Bertz CT molecular complexity index is 586. The number of benzene rings is 1. The van der Waals surface area contributed by atoms with Gasteiger partial charge in [0.25, 0.3) is 0 Å². The predicted molar refractivity (Wildman–Crippen MR) is 101 cm³/mol. The van der Waals surface area contributed by atoms with Gasteiger partial charge in [-0.1, -0.05) is 49.6 Å². The smallest absolute Gasteiger partial charge is 0.238 e. The summed E-state index contributed by atoms with van der Waals surface area (Å²) in [5, 5.41) is 3.00. The second kappa shape index (κ2) is 9.28. The van der Waals surface area contributed by atoms with Crippen LogP contribution in [0.1, 0.15) is 44.1 Å². The van der Waals surface area contributed by atoms with Gasteiger partial charge in [0.2, 0.25) is 5.91 Å². The maximum Gasteiger partial charge on any atom is 0.238 e. The fourth-order valence-corrected chi connectivity index (χ4v) is 4.18. The second-order valence-electron chi connectivity index (χ2n) is 7.68. The summed E-state index contributed by atoms with van der Waals surface area (Å²) in [6, 6.07) is 9.51. The van der Waals surface area contributed by atoms with Crippen molar-refractivity contribution in [3.63, 3.8) is 0 Å². The van der Waals surface area contributed by atoms with Crippen LogP contribution in [0.3, 0.4) is 0 Å². The van der Waals surface area contributed by atoms with E-state index in [4.69, 9.17) is 4.74 Å². The van der Waals surface area contributed by atoms with Crippen LogP contribution in [0, 0.1) is 5.92 Å². The highest BCUT2D eigenvalue weighted by molar-refractivity contribution is 5.84.